The fourth-order valence-corrected chi connectivity index (χ4v) is 2.61. The summed E-state index contributed by atoms with van der Waals surface area (Å²) in [6.07, 6.45) is 2.46. The maximum atomic E-state index is 8.85. The second-order valence-electron chi connectivity index (χ2n) is 4.85. The largest absolute Gasteiger partial charge is 0.374 e. The van der Waals surface area contributed by atoms with E-state index in [-0.39, 0.29) is 0 Å². The van der Waals surface area contributed by atoms with E-state index in [1.165, 1.54) is 12.8 Å². The number of piperidine rings is 1. The lowest BCUT2D eigenvalue weighted by Crippen LogP contribution is -2.34. The second-order valence-corrected chi connectivity index (χ2v) is 5.26. The predicted octanol–water partition coefficient (Wildman–Crippen LogP) is 2.65. The molecule has 1 aromatic carbocycles. The van der Waals surface area contributed by atoms with Crippen molar-refractivity contribution < 1.29 is 0 Å². The van der Waals surface area contributed by atoms with E-state index in [1.54, 1.807) is 6.07 Å². The van der Waals surface area contributed by atoms with Crippen molar-refractivity contribution in [2.75, 3.05) is 31.6 Å². The lowest BCUT2D eigenvalue weighted by atomic mass is 9.97. The first-order valence-electron chi connectivity index (χ1n) is 6.32. The minimum absolute atomic E-state index is 0.534. The molecule has 96 valence electrons. The van der Waals surface area contributed by atoms with Crippen molar-refractivity contribution in [2.45, 2.75) is 12.8 Å². The van der Waals surface area contributed by atoms with Gasteiger partial charge in [0, 0.05) is 19.3 Å². The number of hydrogen-bond acceptors (Lipinski definition) is 3. The topological polar surface area (TPSA) is 39.1 Å². The summed E-state index contributed by atoms with van der Waals surface area (Å²) in [7, 11) is 2.08. The van der Waals surface area contributed by atoms with Gasteiger partial charge in [0.2, 0.25) is 0 Å². The van der Waals surface area contributed by atoms with Crippen molar-refractivity contribution in [3.05, 3.63) is 28.8 Å². The third-order valence-corrected chi connectivity index (χ3v) is 3.82. The zero-order valence-corrected chi connectivity index (χ0v) is 11.4. The molecule has 0 aromatic heterocycles. The highest BCUT2D eigenvalue weighted by Gasteiger charge is 2.15. The molecule has 1 saturated heterocycles. The summed E-state index contributed by atoms with van der Waals surface area (Å²) in [5, 5.41) is 12.8. The van der Waals surface area contributed by atoms with Crippen LogP contribution in [0, 0.1) is 17.2 Å². The van der Waals surface area contributed by atoms with Gasteiger partial charge in [-0.1, -0.05) is 11.6 Å². The first kappa shape index (κ1) is 13.2. The molecule has 1 fully saturated rings. The molecule has 4 heteroatoms. The average Bonchev–Trinajstić information content (AvgIpc) is 2.39. The van der Waals surface area contributed by atoms with Crippen LogP contribution in [0.3, 0.4) is 0 Å². The quantitative estimate of drug-likeness (QED) is 0.911. The molecule has 1 N–H and O–H groups in total. The summed E-state index contributed by atoms with van der Waals surface area (Å²) in [4.78, 5) is 2.23. The van der Waals surface area contributed by atoms with Gasteiger partial charge >= 0.3 is 0 Å². The van der Waals surface area contributed by atoms with Crippen LogP contribution in [0.4, 0.5) is 5.69 Å². The molecule has 1 aliphatic heterocycles. The third kappa shape index (κ3) is 3.16. The number of halogens is 1. The van der Waals surface area contributed by atoms with E-state index in [2.05, 4.69) is 23.3 Å². The van der Waals surface area contributed by atoms with Crippen LogP contribution in [0.25, 0.3) is 0 Å². The van der Waals surface area contributed by atoms with Crippen LogP contribution < -0.4 is 10.2 Å². The second kappa shape index (κ2) is 6.08. The van der Waals surface area contributed by atoms with Gasteiger partial charge in [-0.2, -0.15) is 5.26 Å². The van der Waals surface area contributed by atoms with Crippen LogP contribution in [-0.4, -0.2) is 26.7 Å². The Labute approximate surface area is 113 Å². The van der Waals surface area contributed by atoms with Gasteiger partial charge < -0.3 is 10.2 Å². The number of anilines is 1. The van der Waals surface area contributed by atoms with Crippen molar-refractivity contribution in [3.63, 3.8) is 0 Å². The molecule has 1 heterocycles. The number of rotatable bonds is 3. The Kier molecular flexibility index (Phi) is 4.46. The Hall–Kier alpha value is -1.24. The summed E-state index contributed by atoms with van der Waals surface area (Å²) in [6.45, 7) is 3.28. The first-order valence-corrected chi connectivity index (χ1v) is 6.70. The summed E-state index contributed by atoms with van der Waals surface area (Å²) in [5.41, 5.74) is 1.62. The zero-order valence-electron chi connectivity index (χ0n) is 10.6. The number of nitrogens with one attached hydrogen (secondary N) is 1. The van der Waals surface area contributed by atoms with E-state index in [0.717, 1.165) is 31.2 Å². The molecular formula is C14H18ClN3. The Morgan fingerprint density at radius 2 is 2.17 bits per heavy atom. The summed E-state index contributed by atoms with van der Waals surface area (Å²) < 4.78 is 0. The lowest BCUT2D eigenvalue weighted by Gasteiger charge is -2.29. The highest BCUT2D eigenvalue weighted by Crippen LogP contribution is 2.24. The molecular weight excluding hydrogens is 246 g/mol. The number of nitrogens with zero attached hydrogens (tertiary/aromatic N) is 2. The van der Waals surface area contributed by atoms with Crippen LogP contribution in [0.2, 0.25) is 5.02 Å². The molecule has 0 spiro atoms. The molecule has 0 radical (unpaired) electrons. The average molecular weight is 264 g/mol. The van der Waals surface area contributed by atoms with E-state index in [0.29, 0.717) is 10.6 Å². The number of hydrogen-bond donors (Lipinski definition) is 1. The monoisotopic (exact) mass is 263 g/mol. The summed E-state index contributed by atoms with van der Waals surface area (Å²) in [5.74, 6) is 0.741. The van der Waals surface area contributed by atoms with E-state index in [1.807, 2.05) is 12.1 Å². The molecule has 18 heavy (non-hydrogen) atoms. The zero-order chi connectivity index (χ0) is 13.0. The van der Waals surface area contributed by atoms with E-state index in [4.69, 9.17) is 16.9 Å². The maximum absolute atomic E-state index is 8.85. The van der Waals surface area contributed by atoms with Crippen LogP contribution in [0.15, 0.2) is 18.2 Å². The first-order chi connectivity index (χ1) is 8.70. The Morgan fingerprint density at radius 1 is 1.44 bits per heavy atom. The van der Waals surface area contributed by atoms with Crippen LogP contribution in [0.5, 0.6) is 0 Å². The van der Waals surface area contributed by atoms with Gasteiger partial charge in [-0.25, -0.2) is 0 Å². The molecule has 0 unspecified atom stereocenters. The molecule has 2 rings (SSSR count). The van der Waals surface area contributed by atoms with Crippen molar-refractivity contribution in [1.29, 1.82) is 5.26 Å². The Balaban J connectivity index is 2.02. The summed E-state index contributed by atoms with van der Waals surface area (Å²) >= 11 is 6.06. The Bertz CT molecular complexity index is 447. The van der Waals surface area contributed by atoms with Crippen molar-refractivity contribution in [3.8, 4) is 6.07 Å². The fourth-order valence-electron chi connectivity index (χ4n) is 2.39. The number of benzene rings is 1. The molecule has 1 aliphatic rings. The van der Waals surface area contributed by atoms with Gasteiger partial charge in [0.25, 0.3) is 0 Å². The Morgan fingerprint density at radius 3 is 2.78 bits per heavy atom. The molecule has 0 saturated carbocycles. The minimum Gasteiger partial charge on any atom is -0.374 e. The van der Waals surface area contributed by atoms with Gasteiger partial charge in [0.05, 0.1) is 10.6 Å². The van der Waals surface area contributed by atoms with Gasteiger partial charge in [-0.15, -0.1) is 0 Å². The van der Waals surface area contributed by atoms with E-state index in [9.17, 15) is 0 Å². The van der Waals surface area contributed by atoms with Crippen LogP contribution in [-0.2, 0) is 0 Å². The van der Waals surface area contributed by atoms with E-state index >= 15 is 0 Å². The molecule has 3 nitrogen and oxygen atoms in total. The van der Waals surface area contributed by atoms with Crippen molar-refractivity contribution in [2.24, 2.45) is 5.92 Å². The maximum Gasteiger partial charge on any atom is 0.101 e. The minimum atomic E-state index is 0.534. The third-order valence-electron chi connectivity index (χ3n) is 3.50. The van der Waals surface area contributed by atoms with Gasteiger partial charge in [0.15, 0.2) is 0 Å². The highest BCUT2D eigenvalue weighted by molar-refractivity contribution is 6.32. The fraction of sp³-hybridized carbons (Fsp3) is 0.500. The normalized spacial score (nSPS) is 16.3. The smallest absolute Gasteiger partial charge is 0.101 e. The van der Waals surface area contributed by atoms with Crippen molar-refractivity contribution in [1.82, 2.24) is 5.32 Å². The molecule has 0 bridgehead atoms. The van der Waals surface area contributed by atoms with E-state index < -0.39 is 0 Å². The standard InChI is InChI=1S/C14H18ClN3/c1-18(10-11-4-6-17-7-5-11)13-3-2-12(9-16)14(15)8-13/h2-3,8,11,17H,4-7,10H2,1H3. The highest BCUT2D eigenvalue weighted by atomic mass is 35.5. The van der Waals surface area contributed by atoms with Gasteiger partial charge in [0.1, 0.15) is 6.07 Å². The molecule has 0 amide bonds. The molecule has 0 aliphatic carbocycles. The van der Waals surface area contributed by atoms with Crippen LogP contribution >= 0.6 is 11.6 Å². The summed E-state index contributed by atoms with van der Waals surface area (Å²) in [6, 6.07) is 7.71. The van der Waals surface area contributed by atoms with Crippen LogP contribution in [0.1, 0.15) is 18.4 Å². The van der Waals surface area contributed by atoms with Gasteiger partial charge in [-0.05, 0) is 50.0 Å². The molecule has 0 atom stereocenters. The molecule has 1 aromatic rings. The number of nitriles is 1. The van der Waals surface area contributed by atoms with Gasteiger partial charge in [-0.3, -0.25) is 0 Å². The lowest BCUT2D eigenvalue weighted by molar-refractivity contribution is 0.378. The van der Waals surface area contributed by atoms with Crippen molar-refractivity contribution >= 4 is 17.3 Å². The SMILES string of the molecule is CN(CC1CCNCC1)c1ccc(C#N)c(Cl)c1. The predicted molar refractivity (Wildman–Crippen MR) is 75.0 cm³/mol.